The highest BCUT2D eigenvalue weighted by atomic mass is 127. The SMILES string of the molecule is Cc1csc(C2=C(O)CN(c3cccc(I)c3)C2=N)n1. The second kappa shape index (κ2) is 5.17. The maximum atomic E-state index is 10.2. The van der Waals surface area contributed by atoms with Gasteiger partial charge in [-0.05, 0) is 47.7 Å². The van der Waals surface area contributed by atoms with E-state index in [0.717, 1.165) is 15.0 Å². The van der Waals surface area contributed by atoms with Crippen molar-refractivity contribution in [3.8, 4) is 0 Å². The van der Waals surface area contributed by atoms with Gasteiger partial charge in [0.1, 0.15) is 16.6 Å². The Hall–Kier alpha value is -1.41. The molecule has 1 aromatic carbocycles. The lowest BCUT2D eigenvalue weighted by atomic mass is 10.2. The van der Waals surface area contributed by atoms with E-state index in [1.54, 1.807) is 4.90 Å². The first-order valence-electron chi connectivity index (χ1n) is 6.03. The van der Waals surface area contributed by atoms with Gasteiger partial charge in [0.05, 0.1) is 12.1 Å². The summed E-state index contributed by atoms with van der Waals surface area (Å²) in [6.07, 6.45) is 0. The molecule has 0 radical (unpaired) electrons. The lowest BCUT2D eigenvalue weighted by molar-refractivity contribution is 0.411. The summed E-state index contributed by atoms with van der Waals surface area (Å²) in [7, 11) is 0. The van der Waals surface area contributed by atoms with Crippen molar-refractivity contribution in [2.24, 2.45) is 0 Å². The summed E-state index contributed by atoms with van der Waals surface area (Å²) in [6, 6.07) is 7.90. The Morgan fingerprint density at radius 1 is 1.45 bits per heavy atom. The smallest absolute Gasteiger partial charge is 0.139 e. The molecule has 4 nitrogen and oxygen atoms in total. The van der Waals surface area contributed by atoms with E-state index < -0.39 is 0 Å². The molecule has 0 aliphatic carbocycles. The zero-order valence-electron chi connectivity index (χ0n) is 10.7. The second-order valence-electron chi connectivity index (χ2n) is 4.53. The number of nitrogens with zero attached hydrogens (tertiary/aromatic N) is 2. The zero-order valence-corrected chi connectivity index (χ0v) is 13.7. The van der Waals surface area contributed by atoms with E-state index in [-0.39, 0.29) is 5.76 Å². The number of aliphatic hydroxyl groups is 1. The molecule has 20 heavy (non-hydrogen) atoms. The number of nitrogens with one attached hydrogen (secondary N) is 1. The van der Waals surface area contributed by atoms with Gasteiger partial charge in [0.2, 0.25) is 0 Å². The van der Waals surface area contributed by atoms with E-state index in [1.165, 1.54) is 11.3 Å². The van der Waals surface area contributed by atoms with Gasteiger partial charge in [-0.1, -0.05) is 6.07 Å². The van der Waals surface area contributed by atoms with Crippen LogP contribution >= 0.6 is 33.9 Å². The molecule has 0 spiro atoms. The summed E-state index contributed by atoms with van der Waals surface area (Å²) in [5.74, 6) is 0.516. The standard InChI is InChI=1S/C14H12IN3OS/c1-8-7-20-14(17-8)12-11(19)6-18(13(12)16)10-4-2-3-9(15)5-10/h2-5,7,16,19H,6H2,1H3. The molecule has 1 aliphatic heterocycles. The maximum absolute atomic E-state index is 10.2. The summed E-state index contributed by atoms with van der Waals surface area (Å²) >= 11 is 3.70. The Morgan fingerprint density at radius 2 is 2.25 bits per heavy atom. The third-order valence-corrected chi connectivity index (χ3v) is 4.70. The highest BCUT2D eigenvalue weighted by Crippen LogP contribution is 2.32. The van der Waals surface area contributed by atoms with Crippen molar-refractivity contribution >= 4 is 51.0 Å². The number of anilines is 1. The molecule has 102 valence electrons. The van der Waals surface area contributed by atoms with Crippen molar-refractivity contribution in [3.63, 3.8) is 0 Å². The van der Waals surface area contributed by atoms with Gasteiger partial charge in [-0.2, -0.15) is 0 Å². The van der Waals surface area contributed by atoms with Crippen molar-refractivity contribution in [2.75, 3.05) is 11.4 Å². The van der Waals surface area contributed by atoms with Gasteiger partial charge < -0.3 is 10.0 Å². The van der Waals surface area contributed by atoms with Crippen molar-refractivity contribution in [1.29, 1.82) is 5.41 Å². The summed E-state index contributed by atoms with van der Waals surface area (Å²) in [4.78, 5) is 6.17. The number of aliphatic hydroxyl groups excluding tert-OH is 1. The van der Waals surface area contributed by atoms with Crippen molar-refractivity contribution < 1.29 is 5.11 Å². The van der Waals surface area contributed by atoms with Crippen molar-refractivity contribution in [1.82, 2.24) is 4.98 Å². The van der Waals surface area contributed by atoms with Gasteiger partial charge in [0, 0.05) is 20.3 Å². The van der Waals surface area contributed by atoms with Gasteiger partial charge in [0.15, 0.2) is 0 Å². The van der Waals surface area contributed by atoms with Gasteiger partial charge >= 0.3 is 0 Å². The molecule has 2 heterocycles. The minimum atomic E-state index is 0.211. The fraction of sp³-hybridized carbons (Fsp3) is 0.143. The van der Waals surface area contributed by atoms with Crippen molar-refractivity contribution in [2.45, 2.75) is 6.92 Å². The van der Waals surface area contributed by atoms with Crippen LogP contribution in [0.3, 0.4) is 0 Å². The van der Waals surface area contributed by atoms with Crippen LogP contribution in [0, 0.1) is 15.9 Å². The highest BCUT2D eigenvalue weighted by Gasteiger charge is 2.30. The molecule has 0 saturated carbocycles. The first-order chi connectivity index (χ1) is 9.56. The molecule has 1 aliphatic rings. The van der Waals surface area contributed by atoms with Gasteiger partial charge in [-0.25, -0.2) is 4.98 Å². The van der Waals surface area contributed by atoms with Crippen LogP contribution < -0.4 is 4.90 Å². The number of thiazole rings is 1. The number of aryl methyl sites for hydroxylation is 1. The lowest BCUT2D eigenvalue weighted by Crippen LogP contribution is -2.26. The van der Waals surface area contributed by atoms with Crippen LogP contribution in [0.2, 0.25) is 0 Å². The summed E-state index contributed by atoms with van der Waals surface area (Å²) in [5, 5.41) is 21.1. The van der Waals surface area contributed by atoms with Crippen LogP contribution in [-0.4, -0.2) is 22.5 Å². The average molecular weight is 397 g/mol. The van der Waals surface area contributed by atoms with Crippen LogP contribution in [0.15, 0.2) is 35.4 Å². The Labute approximate surface area is 134 Å². The Balaban J connectivity index is 1.96. The number of aromatic nitrogens is 1. The molecule has 2 aromatic rings. The first kappa shape index (κ1) is 13.6. The monoisotopic (exact) mass is 397 g/mol. The predicted octanol–water partition coefficient (Wildman–Crippen LogP) is 3.82. The van der Waals surface area contributed by atoms with E-state index in [1.807, 2.05) is 36.6 Å². The number of hydrogen-bond donors (Lipinski definition) is 2. The van der Waals surface area contributed by atoms with Crippen LogP contribution in [0.4, 0.5) is 5.69 Å². The van der Waals surface area contributed by atoms with Crippen LogP contribution in [-0.2, 0) is 0 Å². The zero-order chi connectivity index (χ0) is 14.3. The Kier molecular flexibility index (Phi) is 3.51. The predicted molar refractivity (Wildman–Crippen MR) is 90.6 cm³/mol. The quantitative estimate of drug-likeness (QED) is 0.758. The van der Waals surface area contributed by atoms with Crippen molar-refractivity contribution in [3.05, 3.63) is 49.7 Å². The van der Waals surface area contributed by atoms with E-state index >= 15 is 0 Å². The average Bonchev–Trinajstić information content (AvgIpc) is 2.93. The molecule has 0 bridgehead atoms. The third kappa shape index (κ3) is 2.33. The minimum absolute atomic E-state index is 0.211. The van der Waals surface area contributed by atoms with Gasteiger partial charge in [-0.15, -0.1) is 11.3 Å². The Bertz CT molecular complexity index is 723. The molecule has 6 heteroatoms. The molecule has 0 atom stereocenters. The Morgan fingerprint density at radius 3 is 2.90 bits per heavy atom. The summed E-state index contributed by atoms with van der Waals surface area (Å²) in [5.41, 5.74) is 2.37. The fourth-order valence-electron chi connectivity index (χ4n) is 2.14. The molecule has 1 aromatic heterocycles. The first-order valence-corrected chi connectivity index (χ1v) is 7.99. The number of amidine groups is 1. The summed E-state index contributed by atoms with van der Waals surface area (Å²) in [6.45, 7) is 2.24. The minimum Gasteiger partial charge on any atom is -0.510 e. The fourth-order valence-corrected chi connectivity index (χ4v) is 3.53. The number of rotatable bonds is 2. The highest BCUT2D eigenvalue weighted by molar-refractivity contribution is 14.1. The molecule has 0 unspecified atom stereocenters. The molecule has 0 amide bonds. The van der Waals surface area contributed by atoms with Crippen LogP contribution in [0.1, 0.15) is 10.7 Å². The summed E-state index contributed by atoms with van der Waals surface area (Å²) < 4.78 is 1.10. The van der Waals surface area contributed by atoms with Crippen LogP contribution in [0.25, 0.3) is 5.57 Å². The number of benzene rings is 1. The second-order valence-corrected chi connectivity index (χ2v) is 6.63. The molecule has 0 fully saturated rings. The molecular weight excluding hydrogens is 385 g/mol. The maximum Gasteiger partial charge on any atom is 0.139 e. The number of hydrogen-bond acceptors (Lipinski definition) is 4. The number of halogens is 1. The van der Waals surface area contributed by atoms with Gasteiger partial charge in [-0.3, -0.25) is 5.41 Å². The normalized spacial score (nSPS) is 15.3. The van der Waals surface area contributed by atoms with E-state index in [9.17, 15) is 5.11 Å². The van der Waals surface area contributed by atoms with E-state index in [4.69, 9.17) is 5.41 Å². The molecule has 2 N–H and O–H groups in total. The molecular formula is C14H12IN3OS. The molecule has 0 saturated heterocycles. The lowest BCUT2D eigenvalue weighted by Gasteiger charge is -2.18. The van der Waals surface area contributed by atoms with Gasteiger partial charge in [0.25, 0.3) is 0 Å². The van der Waals surface area contributed by atoms with E-state index in [0.29, 0.717) is 23.0 Å². The van der Waals surface area contributed by atoms with Crippen LogP contribution in [0.5, 0.6) is 0 Å². The topological polar surface area (TPSA) is 60.2 Å². The largest absolute Gasteiger partial charge is 0.510 e. The van der Waals surface area contributed by atoms with E-state index in [2.05, 4.69) is 27.6 Å². The third-order valence-electron chi connectivity index (χ3n) is 3.06. The molecule has 3 rings (SSSR count).